The third kappa shape index (κ3) is 3.51. The Morgan fingerprint density at radius 1 is 1.58 bits per heavy atom. The number of hydrogen-bond donors (Lipinski definition) is 0. The van der Waals surface area contributed by atoms with Gasteiger partial charge in [-0.25, -0.2) is 0 Å². The molecule has 0 saturated carbocycles. The normalized spacial score (nSPS) is 13.8. The smallest absolute Gasteiger partial charge is 0.314 e. The molecule has 0 aromatic heterocycles. The highest BCUT2D eigenvalue weighted by Gasteiger charge is 2.20. The number of ether oxygens (including phenoxy) is 1. The average molecular weight is 171 g/mol. The van der Waals surface area contributed by atoms with Crippen molar-refractivity contribution >= 4 is 12.2 Å². The predicted octanol–water partition coefficient (Wildman–Crippen LogP) is 1.52. The monoisotopic (exact) mass is 171 g/mol. The Bertz CT molecular complexity index is 164. The fourth-order valence-corrected chi connectivity index (χ4v) is 0.904. The zero-order valence-electron chi connectivity index (χ0n) is 8.20. The molecule has 12 heavy (non-hydrogen) atoms. The van der Waals surface area contributed by atoms with E-state index in [0.717, 1.165) is 0 Å². The summed E-state index contributed by atoms with van der Waals surface area (Å²) in [5, 5.41) is 0. The van der Waals surface area contributed by atoms with Gasteiger partial charge < -0.3 is 4.74 Å². The minimum atomic E-state index is -0.199. The summed E-state index contributed by atoms with van der Waals surface area (Å²) >= 11 is 0. The molecule has 1 unspecified atom stereocenters. The van der Waals surface area contributed by atoms with Crippen molar-refractivity contribution in [3.63, 3.8) is 0 Å². The van der Waals surface area contributed by atoms with Crippen molar-refractivity contribution < 1.29 is 9.53 Å². The summed E-state index contributed by atoms with van der Waals surface area (Å²) in [5.74, 6) is -0.138. The maximum Gasteiger partial charge on any atom is 0.314 e. The van der Waals surface area contributed by atoms with Gasteiger partial charge in [0.1, 0.15) is 0 Å². The van der Waals surface area contributed by atoms with Crippen LogP contribution in [-0.4, -0.2) is 25.8 Å². The van der Waals surface area contributed by atoms with E-state index in [1.54, 1.807) is 20.2 Å². The van der Waals surface area contributed by atoms with E-state index in [1.165, 1.54) is 0 Å². The molecule has 0 saturated heterocycles. The molecule has 0 heterocycles. The van der Waals surface area contributed by atoms with Gasteiger partial charge in [-0.15, -0.1) is 0 Å². The van der Waals surface area contributed by atoms with Crippen molar-refractivity contribution in [3.8, 4) is 0 Å². The van der Waals surface area contributed by atoms with Crippen molar-refractivity contribution in [2.45, 2.75) is 20.8 Å². The lowest BCUT2D eigenvalue weighted by atomic mass is 9.97. The molecule has 0 aromatic carbocycles. The van der Waals surface area contributed by atoms with E-state index in [0.29, 0.717) is 6.61 Å². The first kappa shape index (κ1) is 11.1. The van der Waals surface area contributed by atoms with Crippen LogP contribution in [0.15, 0.2) is 4.99 Å². The Balaban J connectivity index is 4.19. The molecule has 70 valence electrons. The number of rotatable bonds is 4. The van der Waals surface area contributed by atoms with Gasteiger partial charge in [-0.3, -0.25) is 9.79 Å². The number of aliphatic imine (C=N–C) groups is 1. The minimum absolute atomic E-state index is 0.182. The molecule has 0 bridgehead atoms. The van der Waals surface area contributed by atoms with Crippen LogP contribution < -0.4 is 0 Å². The van der Waals surface area contributed by atoms with Crippen LogP contribution in [-0.2, 0) is 9.53 Å². The lowest BCUT2D eigenvalue weighted by Crippen LogP contribution is -2.24. The first-order valence-corrected chi connectivity index (χ1v) is 4.22. The zero-order chi connectivity index (χ0) is 9.56. The van der Waals surface area contributed by atoms with Crippen LogP contribution in [0.1, 0.15) is 20.8 Å². The van der Waals surface area contributed by atoms with E-state index < -0.39 is 0 Å². The number of carbonyl (C=O) groups is 1. The standard InChI is InChI=1S/C9H17NO2/c1-5-12-9(11)8(6-10-4)7(2)3/h6-8H,5H2,1-4H3. The largest absolute Gasteiger partial charge is 0.465 e. The zero-order valence-corrected chi connectivity index (χ0v) is 8.20. The molecule has 0 aliphatic carbocycles. The van der Waals surface area contributed by atoms with Crippen molar-refractivity contribution in [2.75, 3.05) is 13.7 Å². The SMILES string of the molecule is CCOC(=O)C(C=NC)C(C)C. The van der Waals surface area contributed by atoms with Crippen LogP contribution in [0.2, 0.25) is 0 Å². The maximum absolute atomic E-state index is 11.3. The van der Waals surface area contributed by atoms with E-state index in [1.807, 2.05) is 13.8 Å². The summed E-state index contributed by atoms with van der Waals surface area (Å²) in [6.07, 6.45) is 1.64. The molecule has 0 radical (unpaired) electrons. The van der Waals surface area contributed by atoms with Crippen molar-refractivity contribution in [2.24, 2.45) is 16.8 Å². The second kappa shape index (κ2) is 5.75. The fourth-order valence-electron chi connectivity index (χ4n) is 0.904. The molecule has 3 nitrogen and oxygen atoms in total. The fraction of sp³-hybridized carbons (Fsp3) is 0.778. The first-order chi connectivity index (χ1) is 5.63. The number of hydrogen-bond acceptors (Lipinski definition) is 3. The average Bonchev–Trinajstić information content (AvgIpc) is 1.99. The van der Waals surface area contributed by atoms with Gasteiger partial charge in [0.25, 0.3) is 0 Å². The Hall–Kier alpha value is -0.860. The van der Waals surface area contributed by atoms with E-state index >= 15 is 0 Å². The highest BCUT2D eigenvalue weighted by atomic mass is 16.5. The van der Waals surface area contributed by atoms with Gasteiger partial charge in [0, 0.05) is 13.3 Å². The Labute approximate surface area is 73.8 Å². The van der Waals surface area contributed by atoms with Crippen molar-refractivity contribution in [3.05, 3.63) is 0 Å². The van der Waals surface area contributed by atoms with Gasteiger partial charge in [0.15, 0.2) is 0 Å². The quantitative estimate of drug-likeness (QED) is 0.475. The van der Waals surface area contributed by atoms with Gasteiger partial charge >= 0.3 is 5.97 Å². The van der Waals surface area contributed by atoms with Crippen LogP contribution >= 0.6 is 0 Å². The molecule has 0 spiro atoms. The molecule has 0 N–H and O–H groups in total. The van der Waals surface area contributed by atoms with Crippen LogP contribution in [0.3, 0.4) is 0 Å². The molecule has 1 atom stereocenters. The number of carbonyl (C=O) groups excluding carboxylic acids is 1. The van der Waals surface area contributed by atoms with Crippen molar-refractivity contribution in [1.82, 2.24) is 0 Å². The van der Waals surface area contributed by atoms with Gasteiger partial charge in [-0.2, -0.15) is 0 Å². The lowest BCUT2D eigenvalue weighted by molar-refractivity contribution is -0.146. The second-order valence-corrected chi connectivity index (χ2v) is 2.93. The summed E-state index contributed by atoms with van der Waals surface area (Å²) in [6, 6.07) is 0. The van der Waals surface area contributed by atoms with Crippen LogP contribution in [0.25, 0.3) is 0 Å². The lowest BCUT2D eigenvalue weighted by Gasteiger charge is -2.13. The summed E-state index contributed by atoms with van der Waals surface area (Å²) in [7, 11) is 1.66. The van der Waals surface area contributed by atoms with Gasteiger partial charge in [0.05, 0.1) is 12.5 Å². The number of esters is 1. The van der Waals surface area contributed by atoms with Gasteiger partial charge in [0.2, 0.25) is 0 Å². The minimum Gasteiger partial charge on any atom is -0.465 e. The van der Waals surface area contributed by atoms with Crippen LogP contribution in [0.5, 0.6) is 0 Å². The summed E-state index contributed by atoms with van der Waals surface area (Å²) in [6.45, 7) is 6.19. The molecule has 0 fully saturated rings. The third-order valence-corrected chi connectivity index (χ3v) is 1.59. The Morgan fingerprint density at radius 3 is 2.50 bits per heavy atom. The molecule has 3 heteroatoms. The third-order valence-electron chi connectivity index (χ3n) is 1.59. The van der Waals surface area contributed by atoms with E-state index in [-0.39, 0.29) is 17.8 Å². The van der Waals surface area contributed by atoms with E-state index in [2.05, 4.69) is 4.99 Å². The van der Waals surface area contributed by atoms with Gasteiger partial charge in [-0.1, -0.05) is 13.8 Å². The molecule has 0 aliphatic rings. The predicted molar refractivity (Wildman–Crippen MR) is 49.4 cm³/mol. The molecular formula is C9H17NO2. The topological polar surface area (TPSA) is 38.7 Å². The maximum atomic E-state index is 11.3. The highest BCUT2D eigenvalue weighted by Crippen LogP contribution is 2.10. The molecule has 0 aromatic rings. The second-order valence-electron chi connectivity index (χ2n) is 2.93. The van der Waals surface area contributed by atoms with Gasteiger partial charge in [-0.05, 0) is 12.8 Å². The summed E-state index contributed by atoms with van der Waals surface area (Å²) in [5.41, 5.74) is 0. The van der Waals surface area contributed by atoms with E-state index in [9.17, 15) is 4.79 Å². The van der Waals surface area contributed by atoms with Crippen molar-refractivity contribution in [1.29, 1.82) is 0 Å². The molecule has 0 rings (SSSR count). The van der Waals surface area contributed by atoms with Crippen LogP contribution in [0.4, 0.5) is 0 Å². The molecular weight excluding hydrogens is 154 g/mol. The van der Waals surface area contributed by atoms with Crippen LogP contribution in [0, 0.1) is 11.8 Å². The molecule has 0 aliphatic heterocycles. The van der Waals surface area contributed by atoms with E-state index in [4.69, 9.17) is 4.74 Å². The Morgan fingerprint density at radius 2 is 2.17 bits per heavy atom. The molecule has 0 amide bonds. The highest BCUT2D eigenvalue weighted by molar-refractivity contribution is 5.90. The first-order valence-electron chi connectivity index (χ1n) is 4.22. The Kier molecular flexibility index (Phi) is 5.34. The summed E-state index contributed by atoms with van der Waals surface area (Å²) in [4.78, 5) is 15.1. The summed E-state index contributed by atoms with van der Waals surface area (Å²) < 4.78 is 4.89. The number of nitrogens with zero attached hydrogens (tertiary/aromatic N) is 1.